The summed E-state index contributed by atoms with van der Waals surface area (Å²) in [7, 11) is 0. The molecule has 0 heterocycles. The van der Waals surface area contributed by atoms with E-state index in [1.165, 1.54) is 12.1 Å². The summed E-state index contributed by atoms with van der Waals surface area (Å²) in [5.74, 6) is -0.631. The van der Waals surface area contributed by atoms with Crippen LogP contribution in [0, 0.1) is 5.82 Å². The minimum Gasteiger partial charge on any atom is -0.506 e. The average molecular weight is 311 g/mol. The van der Waals surface area contributed by atoms with Crippen molar-refractivity contribution in [3.8, 4) is 5.75 Å². The number of nitrogens with two attached hydrogens (primary N) is 1. The number of rotatable bonds is 3. The van der Waals surface area contributed by atoms with Gasteiger partial charge in [0.25, 0.3) is 0 Å². The Hall–Kier alpha value is -0.580. The first-order valence-corrected chi connectivity index (χ1v) is 5.29. The van der Waals surface area contributed by atoms with Crippen LogP contribution < -0.4 is 5.73 Å². The quantitative estimate of drug-likeness (QED) is 0.837. The summed E-state index contributed by atoms with van der Waals surface area (Å²) in [6.07, 6.45) is 0.445. The van der Waals surface area contributed by atoms with Crippen LogP contribution >= 0.6 is 28.3 Å². The summed E-state index contributed by atoms with van der Waals surface area (Å²) in [6, 6.07) is 2.15. The smallest absolute Gasteiger partial charge is 0.137 e. The Balaban J connectivity index is 0.00000225. The second-order valence-electron chi connectivity index (χ2n) is 3.56. The zero-order valence-electron chi connectivity index (χ0n) is 8.84. The third kappa shape index (κ3) is 3.47. The largest absolute Gasteiger partial charge is 0.506 e. The maximum Gasteiger partial charge on any atom is 0.137 e. The summed E-state index contributed by atoms with van der Waals surface area (Å²) < 4.78 is 13.9. The molecule has 0 saturated heterocycles. The van der Waals surface area contributed by atoms with Crippen LogP contribution in [0.3, 0.4) is 0 Å². The van der Waals surface area contributed by atoms with E-state index in [2.05, 4.69) is 22.5 Å². The van der Waals surface area contributed by atoms with Gasteiger partial charge in [0.15, 0.2) is 0 Å². The Kier molecular flexibility index (Phi) is 6.00. The molecule has 0 aliphatic rings. The molecule has 0 bridgehead atoms. The zero-order chi connectivity index (χ0) is 11.6. The lowest BCUT2D eigenvalue weighted by Gasteiger charge is -2.15. The molecule has 0 amide bonds. The SMILES string of the molecule is C=C(C)C[C@H](N)c1c(F)ccc(Br)c1O.Cl. The molecule has 1 aromatic carbocycles. The third-order valence-electron chi connectivity index (χ3n) is 2.05. The fourth-order valence-corrected chi connectivity index (χ4v) is 1.73. The third-order valence-corrected chi connectivity index (χ3v) is 2.69. The minimum atomic E-state index is -0.569. The number of phenols is 1. The summed E-state index contributed by atoms with van der Waals surface area (Å²) in [6.45, 7) is 5.52. The Morgan fingerprint density at radius 1 is 1.62 bits per heavy atom. The summed E-state index contributed by atoms with van der Waals surface area (Å²) in [5, 5.41) is 9.67. The van der Waals surface area contributed by atoms with Crippen LogP contribution in [0.1, 0.15) is 24.9 Å². The number of hydrogen-bond donors (Lipinski definition) is 2. The minimum absolute atomic E-state index is 0. The monoisotopic (exact) mass is 309 g/mol. The van der Waals surface area contributed by atoms with Crippen LogP contribution in [-0.2, 0) is 0 Å². The molecule has 2 nitrogen and oxygen atoms in total. The number of phenolic OH excluding ortho intramolecular Hbond substituents is 1. The maximum atomic E-state index is 13.4. The van der Waals surface area contributed by atoms with Gasteiger partial charge in [-0.3, -0.25) is 0 Å². The topological polar surface area (TPSA) is 46.2 Å². The molecule has 0 spiro atoms. The van der Waals surface area contributed by atoms with Crippen molar-refractivity contribution in [2.24, 2.45) is 5.73 Å². The first-order valence-electron chi connectivity index (χ1n) is 4.50. The van der Waals surface area contributed by atoms with Crippen LogP contribution in [0.5, 0.6) is 5.75 Å². The van der Waals surface area contributed by atoms with E-state index in [1.807, 2.05) is 6.92 Å². The highest BCUT2D eigenvalue weighted by Crippen LogP contribution is 2.34. The van der Waals surface area contributed by atoms with Gasteiger partial charge in [0, 0.05) is 11.6 Å². The van der Waals surface area contributed by atoms with Gasteiger partial charge in [-0.2, -0.15) is 0 Å². The number of benzene rings is 1. The lowest BCUT2D eigenvalue weighted by Crippen LogP contribution is -2.12. The molecule has 1 rings (SSSR count). The molecule has 16 heavy (non-hydrogen) atoms. The van der Waals surface area contributed by atoms with Crippen LogP contribution in [0.4, 0.5) is 4.39 Å². The number of hydrogen-bond acceptors (Lipinski definition) is 2. The van der Waals surface area contributed by atoms with Gasteiger partial charge in [-0.1, -0.05) is 5.57 Å². The average Bonchev–Trinajstić information content (AvgIpc) is 2.11. The van der Waals surface area contributed by atoms with Gasteiger partial charge in [0.05, 0.1) is 4.47 Å². The summed E-state index contributed by atoms with van der Waals surface area (Å²) in [4.78, 5) is 0. The van der Waals surface area contributed by atoms with Gasteiger partial charge in [0.1, 0.15) is 11.6 Å². The van der Waals surface area contributed by atoms with Gasteiger partial charge in [-0.25, -0.2) is 4.39 Å². The molecule has 0 aliphatic heterocycles. The zero-order valence-corrected chi connectivity index (χ0v) is 11.2. The molecular formula is C11H14BrClFNO. The Morgan fingerprint density at radius 3 is 2.69 bits per heavy atom. The predicted molar refractivity (Wildman–Crippen MR) is 69.4 cm³/mol. The van der Waals surface area contributed by atoms with E-state index in [-0.39, 0.29) is 23.7 Å². The van der Waals surface area contributed by atoms with Crippen molar-refractivity contribution in [1.82, 2.24) is 0 Å². The van der Waals surface area contributed by atoms with Crippen LogP contribution in [0.25, 0.3) is 0 Å². The molecule has 0 unspecified atom stereocenters. The molecule has 1 atom stereocenters. The second kappa shape index (κ2) is 6.23. The van der Waals surface area contributed by atoms with E-state index < -0.39 is 11.9 Å². The van der Waals surface area contributed by atoms with Crippen molar-refractivity contribution in [2.75, 3.05) is 0 Å². The van der Waals surface area contributed by atoms with Crippen molar-refractivity contribution >= 4 is 28.3 Å². The Bertz CT molecular complexity index is 398. The van der Waals surface area contributed by atoms with Crippen molar-refractivity contribution in [3.05, 3.63) is 40.1 Å². The fraction of sp³-hybridized carbons (Fsp3) is 0.273. The van der Waals surface area contributed by atoms with E-state index in [0.29, 0.717) is 10.9 Å². The van der Waals surface area contributed by atoms with E-state index in [9.17, 15) is 9.50 Å². The number of aromatic hydroxyl groups is 1. The van der Waals surface area contributed by atoms with Gasteiger partial charge in [-0.05, 0) is 41.4 Å². The molecule has 0 aromatic heterocycles. The van der Waals surface area contributed by atoms with E-state index in [4.69, 9.17) is 5.73 Å². The van der Waals surface area contributed by atoms with Crippen molar-refractivity contribution < 1.29 is 9.50 Å². The Morgan fingerprint density at radius 2 is 2.19 bits per heavy atom. The van der Waals surface area contributed by atoms with Gasteiger partial charge in [-0.15, -0.1) is 19.0 Å². The molecular weight excluding hydrogens is 296 g/mol. The normalized spacial score (nSPS) is 11.8. The number of halogens is 3. The van der Waals surface area contributed by atoms with E-state index in [1.54, 1.807) is 0 Å². The maximum absolute atomic E-state index is 13.4. The van der Waals surface area contributed by atoms with Crippen molar-refractivity contribution in [1.29, 1.82) is 0 Å². The highest BCUT2D eigenvalue weighted by molar-refractivity contribution is 9.10. The first-order chi connectivity index (χ1) is 6.93. The molecule has 5 heteroatoms. The standard InChI is InChI=1S/C11H13BrFNO.ClH/c1-6(2)5-9(14)10-8(13)4-3-7(12)11(10)15;/h3-4,9,15H,1,5,14H2,2H3;1H/t9-;/m0./s1. The van der Waals surface area contributed by atoms with Gasteiger partial charge in [0.2, 0.25) is 0 Å². The molecule has 3 N–H and O–H groups in total. The van der Waals surface area contributed by atoms with Crippen molar-refractivity contribution in [3.63, 3.8) is 0 Å². The molecule has 0 aliphatic carbocycles. The van der Waals surface area contributed by atoms with E-state index in [0.717, 1.165) is 5.57 Å². The lowest BCUT2D eigenvalue weighted by atomic mass is 10.00. The second-order valence-corrected chi connectivity index (χ2v) is 4.41. The summed E-state index contributed by atoms with van der Waals surface area (Å²) >= 11 is 3.12. The summed E-state index contributed by atoms with van der Waals surface area (Å²) in [5.41, 5.74) is 6.77. The highest BCUT2D eigenvalue weighted by atomic mass is 79.9. The van der Waals surface area contributed by atoms with Crippen LogP contribution in [0.15, 0.2) is 28.8 Å². The molecule has 1 aromatic rings. The van der Waals surface area contributed by atoms with Crippen molar-refractivity contribution in [2.45, 2.75) is 19.4 Å². The molecule has 0 radical (unpaired) electrons. The fourth-order valence-electron chi connectivity index (χ4n) is 1.39. The molecule has 0 saturated carbocycles. The van der Waals surface area contributed by atoms with Crippen LogP contribution in [-0.4, -0.2) is 5.11 Å². The van der Waals surface area contributed by atoms with E-state index >= 15 is 0 Å². The van der Waals surface area contributed by atoms with Crippen LogP contribution in [0.2, 0.25) is 0 Å². The van der Waals surface area contributed by atoms with Gasteiger partial charge >= 0.3 is 0 Å². The lowest BCUT2D eigenvalue weighted by molar-refractivity contribution is 0.445. The predicted octanol–water partition coefficient (Wildman–Crippen LogP) is 3.68. The first kappa shape index (κ1) is 15.4. The molecule has 90 valence electrons. The Labute approximate surface area is 109 Å². The molecule has 0 fully saturated rings. The highest BCUT2D eigenvalue weighted by Gasteiger charge is 2.18. The van der Waals surface area contributed by atoms with Gasteiger partial charge < -0.3 is 10.8 Å².